The largest absolute Gasteiger partial charge is 0.508 e. The van der Waals surface area contributed by atoms with Gasteiger partial charge in [0.15, 0.2) is 5.78 Å². The molecule has 0 unspecified atom stereocenters. The van der Waals surface area contributed by atoms with Crippen molar-refractivity contribution >= 4 is 11.6 Å². The molecule has 28 heavy (non-hydrogen) atoms. The fraction of sp³-hybridized carbons (Fsp3) is 0.130. The van der Waals surface area contributed by atoms with Gasteiger partial charge in [0, 0.05) is 11.1 Å². The van der Waals surface area contributed by atoms with Crippen molar-refractivity contribution in [2.24, 2.45) is 0 Å². The molecule has 1 aliphatic rings. The number of hydrogen-bond acceptors (Lipinski definition) is 5. The Kier molecular flexibility index (Phi) is 4.35. The number of phenolic OH excluding ortho intramolecular Hbond substituents is 3. The van der Waals surface area contributed by atoms with Crippen LogP contribution < -0.4 is 0 Å². The zero-order chi connectivity index (χ0) is 19.8. The highest BCUT2D eigenvalue weighted by atomic mass is 16.3. The highest BCUT2D eigenvalue weighted by Crippen LogP contribution is 2.38. The van der Waals surface area contributed by atoms with Crippen molar-refractivity contribution in [2.45, 2.75) is 19.3 Å². The summed E-state index contributed by atoms with van der Waals surface area (Å²) in [6.45, 7) is 0. The van der Waals surface area contributed by atoms with Crippen molar-refractivity contribution in [3.05, 3.63) is 88.0 Å². The Hall–Kier alpha value is -3.60. The molecule has 5 heteroatoms. The molecule has 0 radical (unpaired) electrons. The molecule has 0 amide bonds. The van der Waals surface area contributed by atoms with Crippen LogP contribution in [-0.4, -0.2) is 26.9 Å². The van der Waals surface area contributed by atoms with Gasteiger partial charge in [-0.3, -0.25) is 9.59 Å². The van der Waals surface area contributed by atoms with Gasteiger partial charge in [0.25, 0.3) is 0 Å². The lowest BCUT2D eigenvalue weighted by Gasteiger charge is -2.20. The lowest BCUT2D eigenvalue weighted by molar-refractivity contribution is 0.0974. The minimum atomic E-state index is -0.541. The van der Waals surface area contributed by atoms with Crippen LogP contribution in [-0.2, 0) is 12.8 Å². The first-order valence-corrected chi connectivity index (χ1v) is 9.01. The third-order valence-electron chi connectivity index (χ3n) is 5.10. The fourth-order valence-electron chi connectivity index (χ4n) is 3.64. The second-order valence-electron chi connectivity index (χ2n) is 6.87. The van der Waals surface area contributed by atoms with E-state index in [4.69, 9.17) is 0 Å². The van der Waals surface area contributed by atoms with Gasteiger partial charge in [-0.15, -0.1) is 0 Å². The van der Waals surface area contributed by atoms with Crippen molar-refractivity contribution in [3.63, 3.8) is 0 Å². The number of aryl methyl sites for hydroxylation is 2. The molecule has 3 aromatic rings. The average Bonchev–Trinajstić information content (AvgIpc) is 2.68. The minimum Gasteiger partial charge on any atom is -0.508 e. The molecule has 3 N–H and O–H groups in total. The van der Waals surface area contributed by atoms with E-state index in [1.54, 1.807) is 24.3 Å². The van der Waals surface area contributed by atoms with E-state index in [9.17, 15) is 24.9 Å². The van der Waals surface area contributed by atoms with E-state index in [1.807, 2.05) is 12.1 Å². The molecular weight excluding hydrogens is 356 g/mol. The molecule has 0 bridgehead atoms. The summed E-state index contributed by atoms with van der Waals surface area (Å²) in [6, 6.07) is 14.5. The Balaban J connectivity index is 1.62. The number of benzene rings is 3. The maximum absolute atomic E-state index is 12.9. The Morgan fingerprint density at radius 1 is 0.679 bits per heavy atom. The van der Waals surface area contributed by atoms with Gasteiger partial charge in [0.05, 0.1) is 11.1 Å². The van der Waals surface area contributed by atoms with E-state index >= 15 is 0 Å². The molecule has 0 heterocycles. The third kappa shape index (κ3) is 2.91. The summed E-state index contributed by atoms with van der Waals surface area (Å²) < 4.78 is 0. The van der Waals surface area contributed by atoms with Crippen molar-refractivity contribution in [1.82, 2.24) is 0 Å². The van der Waals surface area contributed by atoms with Crippen molar-refractivity contribution < 1.29 is 24.9 Å². The lowest BCUT2D eigenvalue weighted by atomic mass is 9.82. The van der Waals surface area contributed by atoms with E-state index in [0.717, 1.165) is 18.4 Å². The predicted molar refractivity (Wildman–Crippen MR) is 103 cm³/mol. The molecular formula is C23H18O5. The van der Waals surface area contributed by atoms with E-state index in [2.05, 4.69) is 0 Å². The van der Waals surface area contributed by atoms with Crippen LogP contribution in [0.15, 0.2) is 54.6 Å². The number of carbonyl (C=O) groups excluding carboxylic acids is 2. The van der Waals surface area contributed by atoms with Crippen LogP contribution >= 0.6 is 0 Å². The number of hydrogen-bond donors (Lipinski definition) is 3. The van der Waals surface area contributed by atoms with Crippen LogP contribution in [0.25, 0.3) is 0 Å². The second-order valence-corrected chi connectivity index (χ2v) is 6.87. The standard InChI is InChI=1S/C23H18O5/c24-15-10-7-13(8-11-15)3-1-4-14-9-12-17-20(21(14)26)23(28)19-16(22(17)27)5-2-6-18(19)25/h2,5-12,24-26H,1,3-4H2. The first-order valence-electron chi connectivity index (χ1n) is 9.01. The zero-order valence-corrected chi connectivity index (χ0v) is 15.0. The number of rotatable bonds is 4. The fourth-order valence-corrected chi connectivity index (χ4v) is 3.64. The predicted octanol–water partition coefficient (Wildman–Crippen LogP) is 3.75. The number of aromatic hydroxyl groups is 3. The first kappa shape index (κ1) is 17.8. The van der Waals surface area contributed by atoms with E-state index in [-0.39, 0.29) is 45.3 Å². The van der Waals surface area contributed by atoms with Crippen LogP contribution in [0.4, 0.5) is 0 Å². The van der Waals surface area contributed by atoms with Gasteiger partial charge in [0.2, 0.25) is 5.78 Å². The van der Waals surface area contributed by atoms with Crippen LogP contribution in [0.3, 0.4) is 0 Å². The van der Waals surface area contributed by atoms with Gasteiger partial charge in [-0.1, -0.05) is 30.3 Å². The molecule has 140 valence electrons. The molecule has 0 aromatic heterocycles. The summed E-state index contributed by atoms with van der Waals surface area (Å²) in [6.07, 6.45) is 1.99. The molecule has 0 saturated carbocycles. The topological polar surface area (TPSA) is 94.8 Å². The first-order chi connectivity index (χ1) is 13.5. The summed E-state index contributed by atoms with van der Waals surface area (Å²) in [7, 11) is 0. The third-order valence-corrected chi connectivity index (χ3v) is 5.10. The molecule has 5 nitrogen and oxygen atoms in total. The van der Waals surface area contributed by atoms with E-state index in [0.29, 0.717) is 12.0 Å². The maximum Gasteiger partial charge on any atom is 0.201 e. The smallest absolute Gasteiger partial charge is 0.201 e. The van der Waals surface area contributed by atoms with Gasteiger partial charge in [0.1, 0.15) is 17.2 Å². The van der Waals surface area contributed by atoms with Gasteiger partial charge in [-0.05, 0) is 54.7 Å². The Bertz CT molecular complexity index is 1100. The van der Waals surface area contributed by atoms with E-state index in [1.165, 1.54) is 18.2 Å². The van der Waals surface area contributed by atoms with Gasteiger partial charge in [-0.2, -0.15) is 0 Å². The number of fused-ring (bicyclic) bond motifs is 2. The van der Waals surface area contributed by atoms with Gasteiger partial charge in [-0.25, -0.2) is 0 Å². The monoisotopic (exact) mass is 374 g/mol. The van der Waals surface area contributed by atoms with Crippen molar-refractivity contribution in [2.75, 3.05) is 0 Å². The normalized spacial score (nSPS) is 12.6. The minimum absolute atomic E-state index is 0.0406. The average molecular weight is 374 g/mol. The van der Waals surface area contributed by atoms with Crippen LogP contribution in [0.5, 0.6) is 17.2 Å². The molecule has 3 aromatic carbocycles. The Morgan fingerprint density at radius 3 is 2.14 bits per heavy atom. The Labute approximate surface area is 161 Å². The summed E-state index contributed by atoms with van der Waals surface area (Å²) >= 11 is 0. The maximum atomic E-state index is 12.9. The Morgan fingerprint density at radius 2 is 1.39 bits per heavy atom. The molecule has 0 aliphatic heterocycles. The number of phenols is 3. The summed E-state index contributed by atoms with van der Waals surface area (Å²) in [5, 5.41) is 30.1. The van der Waals surface area contributed by atoms with Crippen LogP contribution in [0.2, 0.25) is 0 Å². The highest BCUT2D eigenvalue weighted by Gasteiger charge is 2.34. The van der Waals surface area contributed by atoms with Gasteiger partial charge < -0.3 is 15.3 Å². The SMILES string of the molecule is O=C1c2cccc(O)c2C(=O)c2c1ccc(CCCc1ccc(O)cc1)c2O. The number of carbonyl (C=O) groups is 2. The van der Waals surface area contributed by atoms with E-state index < -0.39 is 5.78 Å². The van der Waals surface area contributed by atoms with Crippen LogP contribution in [0, 0.1) is 0 Å². The molecule has 0 saturated heterocycles. The second kappa shape index (κ2) is 6.85. The summed E-state index contributed by atoms with van der Waals surface area (Å²) in [4.78, 5) is 25.6. The summed E-state index contributed by atoms with van der Waals surface area (Å²) in [5.74, 6) is -1.18. The lowest BCUT2D eigenvalue weighted by Crippen LogP contribution is -2.21. The highest BCUT2D eigenvalue weighted by molar-refractivity contribution is 6.30. The van der Waals surface area contributed by atoms with Gasteiger partial charge >= 0.3 is 0 Å². The van der Waals surface area contributed by atoms with Crippen molar-refractivity contribution in [1.29, 1.82) is 0 Å². The molecule has 0 fully saturated rings. The molecule has 0 atom stereocenters. The quantitative estimate of drug-likeness (QED) is 0.506. The number of ketones is 2. The zero-order valence-electron chi connectivity index (χ0n) is 15.0. The molecule has 1 aliphatic carbocycles. The molecule has 4 rings (SSSR count). The molecule has 0 spiro atoms. The summed E-state index contributed by atoms with van der Waals surface area (Å²) in [5.41, 5.74) is 1.84. The van der Waals surface area contributed by atoms with Crippen molar-refractivity contribution in [3.8, 4) is 17.2 Å². The van der Waals surface area contributed by atoms with Crippen LogP contribution in [0.1, 0.15) is 49.4 Å².